The second kappa shape index (κ2) is 10.2. The monoisotopic (exact) mass is 198 g/mol. The number of hydrazone groups is 1. The number of amides is 1. The molecule has 0 atom stereocenters. The fraction of sp³-hybridized carbons (Fsp3) is 0.818. The predicted octanol–water partition coefficient (Wildman–Crippen LogP) is 2.81. The van der Waals surface area contributed by atoms with E-state index in [1.54, 1.807) is 7.05 Å². The van der Waals surface area contributed by atoms with Crippen LogP contribution in [0.4, 0.5) is 0 Å². The summed E-state index contributed by atoms with van der Waals surface area (Å²) in [5.74, 6) is 0. The van der Waals surface area contributed by atoms with Crippen LogP contribution in [0.15, 0.2) is 5.10 Å². The molecule has 0 aromatic heterocycles. The highest BCUT2D eigenvalue weighted by atomic mass is 16.1. The van der Waals surface area contributed by atoms with Crippen molar-refractivity contribution in [3.8, 4) is 0 Å². The maximum absolute atomic E-state index is 10.2. The first-order chi connectivity index (χ1) is 6.81. The van der Waals surface area contributed by atoms with Crippen molar-refractivity contribution < 1.29 is 4.79 Å². The average molecular weight is 198 g/mol. The summed E-state index contributed by atoms with van der Waals surface area (Å²) in [5.41, 5.74) is 0. The normalized spacial score (nSPS) is 10.7. The zero-order chi connectivity index (χ0) is 10.6. The molecule has 0 unspecified atom stereocenters. The van der Waals surface area contributed by atoms with Gasteiger partial charge in [0.1, 0.15) is 0 Å². The smallest absolute Gasteiger partial charge is 0.229 e. The highest BCUT2D eigenvalue weighted by molar-refractivity contribution is 5.59. The molecule has 3 nitrogen and oxygen atoms in total. The summed E-state index contributed by atoms with van der Waals surface area (Å²) in [7, 11) is 1.64. The number of unbranched alkanes of at least 4 members (excludes halogenated alkanes) is 6. The first kappa shape index (κ1) is 13.1. The Hall–Kier alpha value is -0.860. The van der Waals surface area contributed by atoms with E-state index in [1.807, 2.05) is 6.21 Å². The van der Waals surface area contributed by atoms with Crippen LogP contribution in [0.3, 0.4) is 0 Å². The summed E-state index contributed by atoms with van der Waals surface area (Å²) in [6.07, 6.45) is 11.3. The molecule has 0 aromatic rings. The SMILES string of the molecule is CCCCCCCC/C=N/N(C)C=O. The first-order valence-corrected chi connectivity index (χ1v) is 5.51. The summed E-state index contributed by atoms with van der Waals surface area (Å²) in [5, 5.41) is 5.21. The Kier molecular flexibility index (Phi) is 9.59. The molecule has 0 bridgehead atoms. The Balaban J connectivity index is 3.12. The molecule has 0 spiro atoms. The van der Waals surface area contributed by atoms with Gasteiger partial charge in [-0.1, -0.05) is 39.0 Å². The third kappa shape index (κ3) is 9.23. The minimum absolute atomic E-state index is 0.706. The molecule has 0 aliphatic rings. The van der Waals surface area contributed by atoms with Gasteiger partial charge in [0.15, 0.2) is 0 Å². The summed E-state index contributed by atoms with van der Waals surface area (Å²) < 4.78 is 0. The van der Waals surface area contributed by atoms with Gasteiger partial charge in [-0.3, -0.25) is 4.79 Å². The Bertz CT molecular complexity index is 157. The van der Waals surface area contributed by atoms with E-state index in [0.29, 0.717) is 6.41 Å². The zero-order valence-electron chi connectivity index (χ0n) is 9.41. The quantitative estimate of drug-likeness (QED) is 0.243. The number of hydrogen-bond donors (Lipinski definition) is 0. The van der Waals surface area contributed by atoms with Gasteiger partial charge >= 0.3 is 0 Å². The molecule has 0 aromatic carbocycles. The summed E-state index contributed by atoms with van der Waals surface area (Å²) in [6, 6.07) is 0. The van der Waals surface area contributed by atoms with Crippen LogP contribution >= 0.6 is 0 Å². The molecule has 3 heteroatoms. The third-order valence-electron chi connectivity index (χ3n) is 2.10. The number of hydrogen-bond acceptors (Lipinski definition) is 2. The molecule has 0 saturated carbocycles. The summed E-state index contributed by atoms with van der Waals surface area (Å²) in [4.78, 5) is 10.2. The standard InChI is InChI=1S/C11H22N2O/c1-3-4-5-6-7-8-9-10-12-13(2)11-14/h10-11H,3-9H2,1-2H3/b12-10+. The van der Waals surface area contributed by atoms with Gasteiger partial charge in [-0.05, 0) is 12.8 Å². The van der Waals surface area contributed by atoms with Crippen molar-refractivity contribution in [3.63, 3.8) is 0 Å². The molecule has 82 valence electrons. The number of carbonyl (C=O) groups is 1. The Morgan fingerprint density at radius 1 is 1.14 bits per heavy atom. The summed E-state index contributed by atoms with van der Waals surface area (Å²) in [6.45, 7) is 2.22. The van der Waals surface area contributed by atoms with Crippen molar-refractivity contribution in [2.45, 2.75) is 51.9 Å². The molecule has 14 heavy (non-hydrogen) atoms. The van der Waals surface area contributed by atoms with Crippen molar-refractivity contribution in [3.05, 3.63) is 0 Å². The zero-order valence-corrected chi connectivity index (χ0v) is 9.41. The molecule has 0 saturated heterocycles. The maximum Gasteiger partial charge on any atom is 0.229 e. The molecule has 0 fully saturated rings. The van der Waals surface area contributed by atoms with E-state index in [-0.39, 0.29) is 0 Å². The highest BCUT2D eigenvalue weighted by Crippen LogP contribution is 2.05. The highest BCUT2D eigenvalue weighted by Gasteiger charge is 1.89. The second-order valence-corrected chi connectivity index (χ2v) is 3.53. The molecule has 0 aliphatic heterocycles. The van der Waals surface area contributed by atoms with Gasteiger partial charge in [-0.15, -0.1) is 0 Å². The van der Waals surface area contributed by atoms with Crippen molar-refractivity contribution >= 4 is 12.6 Å². The lowest BCUT2D eigenvalue weighted by atomic mass is 10.1. The minimum atomic E-state index is 0.706. The van der Waals surface area contributed by atoms with E-state index in [1.165, 1.54) is 43.5 Å². The van der Waals surface area contributed by atoms with Gasteiger partial charge in [0.05, 0.1) is 0 Å². The second-order valence-electron chi connectivity index (χ2n) is 3.53. The fourth-order valence-corrected chi connectivity index (χ4v) is 1.23. The molecule has 0 N–H and O–H groups in total. The van der Waals surface area contributed by atoms with Gasteiger partial charge < -0.3 is 0 Å². The molecule has 0 radical (unpaired) electrons. The van der Waals surface area contributed by atoms with Crippen LogP contribution in [0.25, 0.3) is 0 Å². The van der Waals surface area contributed by atoms with Crippen LogP contribution in [0, 0.1) is 0 Å². The van der Waals surface area contributed by atoms with E-state index in [9.17, 15) is 4.79 Å². The average Bonchev–Trinajstić information content (AvgIpc) is 2.21. The van der Waals surface area contributed by atoms with Gasteiger partial charge in [-0.2, -0.15) is 5.10 Å². The van der Waals surface area contributed by atoms with Gasteiger partial charge in [0.25, 0.3) is 0 Å². The van der Waals surface area contributed by atoms with E-state index < -0.39 is 0 Å². The number of rotatable bonds is 9. The van der Waals surface area contributed by atoms with Crippen molar-refractivity contribution in [2.24, 2.45) is 5.10 Å². The van der Waals surface area contributed by atoms with Gasteiger partial charge in [0.2, 0.25) is 6.41 Å². The Morgan fingerprint density at radius 3 is 2.43 bits per heavy atom. The van der Waals surface area contributed by atoms with E-state index in [4.69, 9.17) is 0 Å². The van der Waals surface area contributed by atoms with Crippen LogP contribution in [0.1, 0.15) is 51.9 Å². The van der Waals surface area contributed by atoms with E-state index >= 15 is 0 Å². The Labute approximate surface area is 87.2 Å². The fourth-order valence-electron chi connectivity index (χ4n) is 1.23. The van der Waals surface area contributed by atoms with E-state index in [2.05, 4.69) is 12.0 Å². The van der Waals surface area contributed by atoms with Crippen LogP contribution in [-0.2, 0) is 4.79 Å². The van der Waals surface area contributed by atoms with Crippen molar-refractivity contribution in [2.75, 3.05) is 7.05 Å². The molecule has 0 aliphatic carbocycles. The summed E-state index contributed by atoms with van der Waals surface area (Å²) >= 11 is 0. The van der Waals surface area contributed by atoms with Crippen molar-refractivity contribution in [1.29, 1.82) is 0 Å². The predicted molar refractivity (Wildman–Crippen MR) is 60.3 cm³/mol. The molecule has 1 amide bonds. The lowest BCUT2D eigenvalue weighted by molar-refractivity contribution is -0.116. The molecular weight excluding hydrogens is 176 g/mol. The third-order valence-corrected chi connectivity index (χ3v) is 2.10. The van der Waals surface area contributed by atoms with Crippen molar-refractivity contribution in [1.82, 2.24) is 5.01 Å². The molecular formula is C11H22N2O. The molecule has 0 rings (SSSR count). The van der Waals surface area contributed by atoms with Crippen LogP contribution in [0.2, 0.25) is 0 Å². The lowest BCUT2D eigenvalue weighted by Crippen LogP contribution is -2.06. The lowest BCUT2D eigenvalue weighted by Gasteiger charge is -2.00. The van der Waals surface area contributed by atoms with Gasteiger partial charge in [-0.25, -0.2) is 5.01 Å². The molecule has 0 heterocycles. The number of nitrogens with zero attached hydrogens (tertiary/aromatic N) is 2. The first-order valence-electron chi connectivity index (χ1n) is 5.51. The van der Waals surface area contributed by atoms with Crippen LogP contribution in [0.5, 0.6) is 0 Å². The maximum atomic E-state index is 10.2. The number of carbonyl (C=O) groups excluding carboxylic acids is 1. The van der Waals surface area contributed by atoms with Gasteiger partial charge in [0, 0.05) is 13.3 Å². The Morgan fingerprint density at radius 2 is 1.79 bits per heavy atom. The van der Waals surface area contributed by atoms with Crippen LogP contribution in [-0.4, -0.2) is 24.7 Å². The largest absolute Gasteiger partial charge is 0.277 e. The minimum Gasteiger partial charge on any atom is -0.277 e. The van der Waals surface area contributed by atoms with E-state index in [0.717, 1.165) is 6.42 Å². The topological polar surface area (TPSA) is 32.7 Å². The van der Waals surface area contributed by atoms with Crippen LogP contribution < -0.4 is 0 Å².